The molecule has 1 N–H and O–H groups in total. The number of amides is 1. The van der Waals surface area contributed by atoms with Crippen LogP contribution in [-0.4, -0.2) is 53.8 Å². The number of benzene rings is 1. The summed E-state index contributed by atoms with van der Waals surface area (Å²) in [4.78, 5) is 25.1. The van der Waals surface area contributed by atoms with Crippen molar-refractivity contribution in [1.29, 1.82) is 0 Å². The van der Waals surface area contributed by atoms with Gasteiger partial charge in [0, 0.05) is 13.3 Å². The first-order valence-electron chi connectivity index (χ1n) is 7.74. The maximum Gasteiger partial charge on any atom is 0.303 e. The molecular formula is C17H23NO5. The van der Waals surface area contributed by atoms with Crippen LogP contribution < -0.4 is 4.74 Å². The number of hydrogen-bond acceptors (Lipinski definition) is 5. The highest BCUT2D eigenvalue weighted by molar-refractivity contribution is 5.77. The molecule has 1 aliphatic rings. The van der Waals surface area contributed by atoms with Crippen LogP contribution in [0, 0.1) is 0 Å². The number of β-amino-alcohol motifs (C(OH)–C–C–N with tert-alkyl or cyclic N) is 1. The summed E-state index contributed by atoms with van der Waals surface area (Å²) in [5.74, 6) is 0.232. The Kier molecular flexibility index (Phi) is 5.60. The Morgan fingerprint density at radius 2 is 1.96 bits per heavy atom. The molecule has 0 radical (unpaired) electrons. The maximum atomic E-state index is 12.1. The molecule has 23 heavy (non-hydrogen) atoms. The summed E-state index contributed by atoms with van der Waals surface area (Å²) in [5, 5.41) is 10.2. The van der Waals surface area contributed by atoms with E-state index in [9.17, 15) is 14.7 Å². The summed E-state index contributed by atoms with van der Waals surface area (Å²) in [7, 11) is 1.60. The van der Waals surface area contributed by atoms with Crippen LogP contribution in [0.2, 0.25) is 0 Å². The van der Waals surface area contributed by atoms with Crippen LogP contribution in [0.1, 0.15) is 25.8 Å². The van der Waals surface area contributed by atoms with Crippen molar-refractivity contribution < 1.29 is 24.2 Å². The zero-order valence-corrected chi connectivity index (χ0v) is 13.7. The summed E-state index contributed by atoms with van der Waals surface area (Å²) >= 11 is 0. The van der Waals surface area contributed by atoms with E-state index in [0.717, 1.165) is 11.3 Å². The van der Waals surface area contributed by atoms with E-state index >= 15 is 0 Å². The van der Waals surface area contributed by atoms with Crippen molar-refractivity contribution in [3.63, 3.8) is 0 Å². The molecule has 1 aromatic rings. The second-order valence-corrected chi connectivity index (χ2v) is 5.66. The Morgan fingerprint density at radius 1 is 1.30 bits per heavy atom. The summed E-state index contributed by atoms with van der Waals surface area (Å²) in [6, 6.07) is 7.13. The van der Waals surface area contributed by atoms with Gasteiger partial charge in [0.1, 0.15) is 18.0 Å². The topological polar surface area (TPSA) is 76.1 Å². The van der Waals surface area contributed by atoms with Crippen LogP contribution in [-0.2, 0) is 20.7 Å². The van der Waals surface area contributed by atoms with Crippen molar-refractivity contribution in [2.24, 2.45) is 0 Å². The molecule has 1 amide bonds. The van der Waals surface area contributed by atoms with Crippen LogP contribution in [0.25, 0.3) is 0 Å². The van der Waals surface area contributed by atoms with E-state index in [1.807, 2.05) is 24.3 Å². The molecule has 1 aromatic carbocycles. The third-order valence-electron chi connectivity index (χ3n) is 4.07. The maximum absolute atomic E-state index is 12.1. The molecule has 1 heterocycles. The minimum atomic E-state index is -0.863. The predicted octanol–water partition coefficient (Wildman–Crippen LogP) is 1.15. The van der Waals surface area contributed by atoms with Gasteiger partial charge in [-0.1, -0.05) is 19.1 Å². The first-order valence-corrected chi connectivity index (χ1v) is 7.74. The standard InChI is InChI=1S/C17H23NO5/c1-4-16(21)18-10-15(20)17(23-11(2)19)14(18)9-12-5-7-13(22-3)8-6-12/h5-8,14-15,17,20H,4,9-10H2,1-3H3/t14-,15+,17+/m1/s1. The smallest absolute Gasteiger partial charge is 0.303 e. The number of rotatable bonds is 5. The number of aliphatic hydroxyl groups excluding tert-OH is 1. The summed E-state index contributed by atoms with van der Waals surface area (Å²) in [5.41, 5.74) is 0.982. The molecule has 0 aromatic heterocycles. The molecule has 0 spiro atoms. The van der Waals surface area contributed by atoms with Crippen LogP contribution in [0.5, 0.6) is 5.75 Å². The van der Waals surface area contributed by atoms with Crippen LogP contribution in [0.3, 0.4) is 0 Å². The fourth-order valence-electron chi connectivity index (χ4n) is 2.94. The number of likely N-dealkylation sites (tertiary alicyclic amines) is 1. The van der Waals surface area contributed by atoms with Crippen molar-refractivity contribution in [2.45, 2.75) is 44.9 Å². The number of ether oxygens (including phenoxy) is 2. The lowest BCUT2D eigenvalue weighted by atomic mass is 10.0. The van der Waals surface area contributed by atoms with Gasteiger partial charge in [0.25, 0.3) is 0 Å². The summed E-state index contributed by atoms with van der Waals surface area (Å²) in [6.45, 7) is 3.27. The molecule has 0 bridgehead atoms. The van der Waals surface area contributed by atoms with Gasteiger partial charge in [-0.25, -0.2) is 0 Å². The second kappa shape index (κ2) is 7.46. The van der Waals surface area contributed by atoms with E-state index in [2.05, 4.69) is 0 Å². The van der Waals surface area contributed by atoms with Crippen molar-refractivity contribution in [3.8, 4) is 5.75 Å². The SMILES string of the molecule is CCC(=O)N1C[C@H](O)[C@@H](OC(C)=O)[C@H]1Cc1ccc(OC)cc1. The molecule has 0 aliphatic carbocycles. The first-order chi connectivity index (χ1) is 11.0. The molecule has 1 aliphatic heterocycles. The third-order valence-corrected chi connectivity index (χ3v) is 4.07. The molecule has 0 unspecified atom stereocenters. The Morgan fingerprint density at radius 3 is 2.48 bits per heavy atom. The van der Waals surface area contributed by atoms with Crippen molar-refractivity contribution in [1.82, 2.24) is 4.90 Å². The van der Waals surface area contributed by atoms with Gasteiger partial charge in [0.15, 0.2) is 0 Å². The summed E-state index contributed by atoms with van der Waals surface area (Å²) in [6.07, 6.45) is -0.716. The zero-order valence-electron chi connectivity index (χ0n) is 13.7. The van der Waals surface area contributed by atoms with E-state index in [1.54, 1.807) is 18.9 Å². The highest BCUT2D eigenvalue weighted by atomic mass is 16.6. The third kappa shape index (κ3) is 4.01. The number of nitrogens with zero attached hydrogens (tertiary/aromatic N) is 1. The average Bonchev–Trinajstić information content (AvgIpc) is 2.83. The fraction of sp³-hybridized carbons (Fsp3) is 0.529. The predicted molar refractivity (Wildman–Crippen MR) is 84.1 cm³/mol. The van der Waals surface area contributed by atoms with Crippen LogP contribution in [0.4, 0.5) is 0 Å². The molecule has 6 heteroatoms. The number of aliphatic hydroxyl groups is 1. The number of hydrogen-bond donors (Lipinski definition) is 1. The number of esters is 1. The van der Waals surface area contributed by atoms with E-state index in [-0.39, 0.29) is 18.5 Å². The van der Waals surface area contributed by atoms with Gasteiger partial charge in [0.2, 0.25) is 5.91 Å². The van der Waals surface area contributed by atoms with Crippen molar-refractivity contribution in [2.75, 3.05) is 13.7 Å². The lowest BCUT2D eigenvalue weighted by Gasteiger charge is -2.27. The average molecular weight is 321 g/mol. The van der Waals surface area contributed by atoms with Gasteiger partial charge in [-0.2, -0.15) is 0 Å². The highest BCUT2D eigenvalue weighted by Crippen LogP contribution is 2.26. The second-order valence-electron chi connectivity index (χ2n) is 5.66. The lowest BCUT2D eigenvalue weighted by molar-refractivity contribution is -0.152. The monoisotopic (exact) mass is 321 g/mol. The van der Waals surface area contributed by atoms with Gasteiger partial charge in [0.05, 0.1) is 19.7 Å². The van der Waals surface area contributed by atoms with E-state index in [1.165, 1.54) is 6.92 Å². The molecule has 126 valence electrons. The van der Waals surface area contributed by atoms with Crippen molar-refractivity contribution in [3.05, 3.63) is 29.8 Å². The number of carbonyl (C=O) groups excluding carboxylic acids is 2. The van der Waals surface area contributed by atoms with Gasteiger partial charge < -0.3 is 19.5 Å². The first kappa shape index (κ1) is 17.3. The van der Waals surface area contributed by atoms with Crippen LogP contribution in [0.15, 0.2) is 24.3 Å². The van der Waals surface area contributed by atoms with Crippen LogP contribution >= 0.6 is 0 Å². The lowest BCUT2D eigenvalue weighted by Crippen LogP contribution is -2.42. The van der Waals surface area contributed by atoms with Gasteiger partial charge >= 0.3 is 5.97 Å². The zero-order chi connectivity index (χ0) is 17.0. The van der Waals surface area contributed by atoms with Gasteiger partial charge in [-0.15, -0.1) is 0 Å². The number of carbonyl (C=O) groups is 2. The van der Waals surface area contributed by atoms with E-state index < -0.39 is 18.2 Å². The minimum Gasteiger partial charge on any atom is -0.497 e. The molecule has 3 atom stereocenters. The fourth-order valence-corrected chi connectivity index (χ4v) is 2.94. The largest absolute Gasteiger partial charge is 0.497 e. The molecular weight excluding hydrogens is 298 g/mol. The Balaban J connectivity index is 2.22. The minimum absolute atomic E-state index is 0.0581. The highest BCUT2D eigenvalue weighted by Gasteiger charge is 2.44. The van der Waals surface area contributed by atoms with Gasteiger partial charge in [-0.05, 0) is 24.1 Å². The van der Waals surface area contributed by atoms with Crippen molar-refractivity contribution >= 4 is 11.9 Å². The molecule has 1 saturated heterocycles. The molecule has 6 nitrogen and oxygen atoms in total. The van der Waals surface area contributed by atoms with E-state index in [0.29, 0.717) is 12.8 Å². The Bertz CT molecular complexity index is 557. The molecule has 0 saturated carbocycles. The Labute approximate surface area is 136 Å². The normalized spacial score (nSPS) is 23.7. The summed E-state index contributed by atoms with van der Waals surface area (Å²) < 4.78 is 10.4. The van der Waals surface area contributed by atoms with E-state index in [4.69, 9.17) is 9.47 Å². The number of methoxy groups -OCH3 is 1. The quantitative estimate of drug-likeness (QED) is 0.823. The molecule has 1 fully saturated rings. The Hall–Kier alpha value is -2.08. The molecule has 2 rings (SSSR count). The van der Waals surface area contributed by atoms with Gasteiger partial charge in [-0.3, -0.25) is 9.59 Å².